The Morgan fingerprint density at radius 3 is 2.25 bits per heavy atom. The predicted molar refractivity (Wildman–Crippen MR) is 245 cm³/mol. The van der Waals surface area contributed by atoms with E-state index in [0.717, 1.165) is 12.0 Å². The molecule has 3 fully saturated rings. The number of aliphatic hydroxyl groups is 3. The van der Waals surface area contributed by atoms with Gasteiger partial charge in [-0.25, -0.2) is 4.79 Å². The van der Waals surface area contributed by atoms with E-state index in [1.54, 1.807) is 41.1 Å². The van der Waals surface area contributed by atoms with Gasteiger partial charge in [-0.2, -0.15) is 0 Å². The lowest BCUT2D eigenvalue weighted by Gasteiger charge is -2.42. The van der Waals surface area contributed by atoms with Gasteiger partial charge >= 0.3 is 5.97 Å². The number of methoxy groups -OCH3 is 3. The van der Waals surface area contributed by atoms with Gasteiger partial charge in [-0.3, -0.25) is 19.2 Å². The quantitative estimate of drug-likeness (QED) is 0.156. The Balaban J connectivity index is 1.70. The molecule has 65 heavy (non-hydrogen) atoms. The zero-order valence-corrected chi connectivity index (χ0v) is 40.6. The molecular weight excluding hydrogens is 835 g/mol. The number of allylic oxidation sites excluding steroid dienone is 6. The van der Waals surface area contributed by atoms with Crippen LogP contribution >= 0.6 is 0 Å². The molecule has 0 radical (unpaired) electrons. The number of ether oxygens (including phenoxy) is 5. The molecule has 1 aliphatic carbocycles. The Hall–Kier alpha value is -3.37. The van der Waals surface area contributed by atoms with E-state index in [9.17, 15) is 39.3 Å². The summed E-state index contributed by atoms with van der Waals surface area (Å²) < 4.78 is 29.4. The molecule has 0 unspecified atom stereocenters. The first-order chi connectivity index (χ1) is 30.7. The molecule has 1 saturated carbocycles. The van der Waals surface area contributed by atoms with Crippen molar-refractivity contribution in [1.82, 2.24) is 4.90 Å². The van der Waals surface area contributed by atoms with Crippen molar-refractivity contribution in [1.29, 1.82) is 0 Å². The van der Waals surface area contributed by atoms with Crippen LogP contribution < -0.4 is 0 Å². The largest absolute Gasteiger partial charge is 0.460 e. The normalized spacial score (nSPS) is 39.9. The molecule has 3 N–H and O–H groups in total. The number of rotatable bonds is 6. The van der Waals surface area contributed by atoms with Gasteiger partial charge in [-0.05, 0) is 107 Å². The number of esters is 1. The highest BCUT2D eigenvalue weighted by Crippen LogP contribution is 2.38. The Bertz CT molecular complexity index is 1760. The maximum atomic E-state index is 14.4. The molecule has 0 aromatic carbocycles. The zero-order chi connectivity index (χ0) is 48.2. The van der Waals surface area contributed by atoms with Crippen LogP contribution in [0.3, 0.4) is 0 Å². The minimum absolute atomic E-state index is 0.0193. The van der Waals surface area contributed by atoms with Crippen molar-refractivity contribution in [3.8, 4) is 0 Å². The lowest BCUT2D eigenvalue weighted by Crippen LogP contribution is -2.61. The average Bonchev–Trinajstić information content (AvgIpc) is 3.28. The van der Waals surface area contributed by atoms with Crippen molar-refractivity contribution >= 4 is 29.2 Å². The molecule has 14 nitrogen and oxygen atoms in total. The average molecular weight is 914 g/mol. The summed E-state index contributed by atoms with van der Waals surface area (Å²) in [5, 5.41) is 33.8. The predicted octanol–water partition coefficient (Wildman–Crippen LogP) is 6.18. The van der Waals surface area contributed by atoms with Gasteiger partial charge in [0.05, 0.1) is 24.4 Å². The highest BCUT2D eigenvalue weighted by Gasteiger charge is 2.53. The summed E-state index contributed by atoms with van der Waals surface area (Å²) in [5.41, 5.74) is 1.27. The van der Waals surface area contributed by atoms with E-state index in [2.05, 4.69) is 0 Å². The molecule has 0 aromatic heterocycles. The standard InChI is InChI=1S/C51H79NO13/c1-30-16-12-11-13-17-31(2)42(61-8)28-38-21-19-36(7)51(60,65-38)48(57)49(58)52-23-15-14-18-39(52)50(59)64-43(33(4)26-37-20-22-40(53)44(27-37)62-9)29-41(54)32(3)25-35(6)46(56)47(63-10)45(55)34(5)24-30/h11-13,16-17,25,30,32-34,36-40,42-44,46-47,53,56,60H,14-15,18-24,26-29H2,1-10H3/b13-11-,16-12?,31-17-,35-25-/t30-,32-,33-,34-,36-,37+,38+,39+,40-,42+,43+,44-,46-,47+,51-/m1/s1. The second-order valence-corrected chi connectivity index (χ2v) is 19.6. The molecule has 4 aliphatic rings. The Labute approximate surface area is 387 Å². The van der Waals surface area contributed by atoms with Gasteiger partial charge in [0, 0.05) is 58.5 Å². The van der Waals surface area contributed by atoms with Crippen LogP contribution in [-0.4, -0.2) is 132 Å². The zero-order valence-electron chi connectivity index (χ0n) is 40.6. The molecular formula is C51H79NO13. The van der Waals surface area contributed by atoms with Gasteiger partial charge in [0.15, 0.2) is 5.78 Å². The molecule has 0 aromatic rings. The van der Waals surface area contributed by atoms with Crippen LogP contribution in [0.15, 0.2) is 47.6 Å². The first kappa shape index (κ1) is 54.2. The molecule has 15 atom stereocenters. The maximum Gasteiger partial charge on any atom is 0.329 e. The molecule has 0 spiro atoms. The minimum Gasteiger partial charge on any atom is -0.460 e. The van der Waals surface area contributed by atoms with Gasteiger partial charge in [0.2, 0.25) is 5.79 Å². The van der Waals surface area contributed by atoms with Crippen molar-refractivity contribution in [3.05, 3.63) is 47.6 Å². The van der Waals surface area contributed by atoms with Crippen LogP contribution in [-0.2, 0) is 47.7 Å². The smallest absolute Gasteiger partial charge is 0.329 e. The SMILES string of the molecule is CO[C@H]1C[C@@H]2CC[C@@H](C)[C@@](O)(O2)C(=O)C(=O)N2CCCC[C@H]2C(=O)O[C@H]([C@H](C)C[C@@H]2CC[C@@H](O)[C@H](OC)C2)CC(=O)[C@H](C)/C=C(/C)[C@@H](O)[C@@H](OC)C(=O)[C@H](C)C[C@H](C)C=C/C=C\C=C/1C. The van der Waals surface area contributed by atoms with Crippen LogP contribution in [0.2, 0.25) is 0 Å². The van der Waals surface area contributed by atoms with E-state index in [-0.39, 0.29) is 54.8 Å². The number of carbonyl (C=O) groups excluding carboxylic acids is 5. The van der Waals surface area contributed by atoms with Gasteiger partial charge in [0.25, 0.3) is 11.7 Å². The molecule has 3 aliphatic heterocycles. The lowest BCUT2D eigenvalue weighted by molar-refractivity contribution is -0.265. The lowest BCUT2D eigenvalue weighted by atomic mass is 9.78. The van der Waals surface area contributed by atoms with Crippen LogP contribution in [0.5, 0.6) is 0 Å². The number of nitrogens with zero attached hydrogens (tertiary/aromatic N) is 1. The Morgan fingerprint density at radius 1 is 0.846 bits per heavy atom. The van der Waals surface area contributed by atoms with Gasteiger partial charge in [-0.1, -0.05) is 71.1 Å². The molecule has 4 rings (SSSR count). The van der Waals surface area contributed by atoms with Gasteiger partial charge in [0.1, 0.15) is 30.1 Å². The minimum atomic E-state index is -2.43. The fraction of sp³-hybridized carbons (Fsp3) is 0.745. The number of cyclic esters (lactones) is 1. The number of Topliss-reactive ketones (excluding diaryl/α,β-unsaturated/α-hetero) is 3. The molecule has 14 heteroatoms. The van der Waals surface area contributed by atoms with E-state index in [1.807, 2.05) is 58.1 Å². The van der Waals surface area contributed by atoms with Gasteiger partial charge < -0.3 is 43.9 Å². The van der Waals surface area contributed by atoms with Crippen molar-refractivity contribution < 1.29 is 63.0 Å². The topological polar surface area (TPSA) is 195 Å². The number of fused-ring (bicyclic) bond motifs is 3. The summed E-state index contributed by atoms with van der Waals surface area (Å²) in [4.78, 5) is 71.8. The van der Waals surface area contributed by atoms with Gasteiger partial charge in [-0.15, -0.1) is 0 Å². The number of hydrogen-bond donors (Lipinski definition) is 3. The second-order valence-electron chi connectivity index (χ2n) is 19.6. The number of ketones is 3. The fourth-order valence-corrected chi connectivity index (χ4v) is 10.1. The molecule has 1 amide bonds. The van der Waals surface area contributed by atoms with E-state index in [4.69, 9.17) is 23.7 Å². The summed E-state index contributed by atoms with van der Waals surface area (Å²) in [6, 6.07) is -1.14. The first-order valence-corrected chi connectivity index (χ1v) is 23.9. The third-order valence-electron chi connectivity index (χ3n) is 14.5. The number of carbonyl (C=O) groups is 5. The number of amides is 1. The summed E-state index contributed by atoms with van der Waals surface area (Å²) in [6.07, 6.45) is 11.2. The third kappa shape index (κ3) is 14.3. The van der Waals surface area contributed by atoms with Crippen LogP contribution in [0.1, 0.15) is 126 Å². The van der Waals surface area contributed by atoms with E-state index < -0.39 is 83.9 Å². The van der Waals surface area contributed by atoms with E-state index in [0.29, 0.717) is 63.4 Å². The van der Waals surface area contributed by atoms with Crippen LogP contribution in [0, 0.1) is 35.5 Å². The maximum absolute atomic E-state index is 14.4. The number of aliphatic hydroxyl groups excluding tert-OH is 2. The van der Waals surface area contributed by atoms with E-state index >= 15 is 0 Å². The van der Waals surface area contributed by atoms with Crippen molar-refractivity contribution in [2.45, 2.75) is 180 Å². The molecule has 3 heterocycles. The summed E-state index contributed by atoms with van der Waals surface area (Å²) >= 11 is 0. The van der Waals surface area contributed by atoms with Crippen LogP contribution in [0.25, 0.3) is 0 Å². The van der Waals surface area contributed by atoms with Crippen molar-refractivity contribution in [2.75, 3.05) is 27.9 Å². The summed E-state index contributed by atoms with van der Waals surface area (Å²) in [5.74, 6) is -7.96. The highest BCUT2D eigenvalue weighted by atomic mass is 16.6. The monoisotopic (exact) mass is 914 g/mol. The molecule has 366 valence electrons. The number of hydrogen-bond acceptors (Lipinski definition) is 13. The summed E-state index contributed by atoms with van der Waals surface area (Å²) in [7, 11) is 4.52. The second kappa shape index (κ2) is 25.1. The fourth-order valence-electron chi connectivity index (χ4n) is 10.1. The van der Waals surface area contributed by atoms with Crippen molar-refractivity contribution in [3.63, 3.8) is 0 Å². The molecule has 2 bridgehead atoms. The van der Waals surface area contributed by atoms with E-state index in [1.165, 1.54) is 12.0 Å². The highest BCUT2D eigenvalue weighted by molar-refractivity contribution is 6.39. The molecule has 2 saturated heterocycles. The Kier molecular flexibility index (Phi) is 21.0. The third-order valence-corrected chi connectivity index (χ3v) is 14.5. The van der Waals surface area contributed by atoms with Crippen molar-refractivity contribution in [2.24, 2.45) is 35.5 Å². The summed E-state index contributed by atoms with van der Waals surface area (Å²) in [6.45, 7) is 12.7. The first-order valence-electron chi connectivity index (χ1n) is 23.9. The number of piperidine rings is 1. The Morgan fingerprint density at radius 2 is 1.57 bits per heavy atom. The van der Waals surface area contributed by atoms with Crippen LogP contribution in [0.4, 0.5) is 0 Å².